The fourth-order valence-corrected chi connectivity index (χ4v) is 4.77. The topological polar surface area (TPSA) is 92.7 Å². The third-order valence-corrected chi connectivity index (χ3v) is 6.31. The second-order valence-corrected chi connectivity index (χ2v) is 8.20. The minimum absolute atomic E-state index is 0.0751. The number of nitrogens with one attached hydrogen (secondary N) is 2. The van der Waals surface area contributed by atoms with Crippen LogP contribution < -0.4 is 15.4 Å². The van der Waals surface area contributed by atoms with Gasteiger partial charge in [0.05, 0.1) is 24.1 Å². The number of hydrogen-bond donors (Lipinski definition) is 2. The zero-order valence-corrected chi connectivity index (χ0v) is 17.9. The Morgan fingerprint density at radius 1 is 1.25 bits per heavy atom. The number of benzene rings is 2. The Morgan fingerprint density at radius 2 is 2.16 bits per heavy atom. The van der Waals surface area contributed by atoms with Crippen LogP contribution in [-0.4, -0.2) is 30.6 Å². The predicted molar refractivity (Wildman–Crippen MR) is 123 cm³/mol. The van der Waals surface area contributed by atoms with Crippen molar-refractivity contribution in [3.63, 3.8) is 0 Å². The number of hydrogen-bond acceptors (Lipinski definition) is 6. The van der Waals surface area contributed by atoms with Gasteiger partial charge in [-0.25, -0.2) is 0 Å². The van der Waals surface area contributed by atoms with Crippen molar-refractivity contribution in [3.05, 3.63) is 81.5 Å². The second-order valence-electron chi connectivity index (χ2n) is 8.20. The number of pyridine rings is 1. The molecule has 2 N–H and O–H groups in total. The summed E-state index contributed by atoms with van der Waals surface area (Å²) in [6.07, 6.45) is 4.92. The maximum atomic E-state index is 11.8. The summed E-state index contributed by atoms with van der Waals surface area (Å²) in [6, 6.07) is 12.5. The zero-order chi connectivity index (χ0) is 22.1. The molecule has 162 valence electrons. The lowest BCUT2D eigenvalue weighted by Gasteiger charge is -2.28. The first-order valence-electron chi connectivity index (χ1n) is 10.8. The van der Waals surface area contributed by atoms with Crippen molar-refractivity contribution < 1.29 is 9.53 Å². The summed E-state index contributed by atoms with van der Waals surface area (Å²) in [4.78, 5) is 26.6. The summed E-state index contributed by atoms with van der Waals surface area (Å²) in [6.45, 7) is 4.33. The van der Waals surface area contributed by atoms with Gasteiger partial charge in [0.1, 0.15) is 5.75 Å². The summed E-state index contributed by atoms with van der Waals surface area (Å²) >= 11 is 0. The second kappa shape index (κ2) is 8.51. The summed E-state index contributed by atoms with van der Waals surface area (Å²) in [5.74, 6) is 0.199. The van der Waals surface area contributed by atoms with Gasteiger partial charge in [0.25, 0.3) is 0 Å². The molecule has 7 heteroatoms. The van der Waals surface area contributed by atoms with Crippen LogP contribution in [-0.2, 0) is 12.8 Å². The van der Waals surface area contributed by atoms with E-state index < -0.39 is 5.91 Å². The molecule has 0 fully saturated rings. The van der Waals surface area contributed by atoms with Crippen LogP contribution in [0.3, 0.4) is 0 Å². The van der Waals surface area contributed by atoms with Crippen molar-refractivity contribution in [1.29, 1.82) is 0 Å². The molecular formula is C25H24N4O3. The highest BCUT2D eigenvalue weighted by Gasteiger charge is 2.23. The number of fused-ring (bicyclic) bond motifs is 2. The number of carbonyl (C=O) groups excluding carboxylic acids is 1. The van der Waals surface area contributed by atoms with Crippen molar-refractivity contribution in [2.24, 2.45) is 5.18 Å². The molecule has 3 heterocycles. The molecule has 1 amide bonds. The van der Waals surface area contributed by atoms with Crippen LogP contribution in [0.2, 0.25) is 0 Å². The van der Waals surface area contributed by atoms with E-state index in [1.54, 1.807) is 6.20 Å². The third-order valence-electron chi connectivity index (χ3n) is 6.31. The van der Waals surface area contributed by atoms with Gasteiger partial charge in [-0.15, -0.1) is 4.91 Å². The molecule has 2 aliphatic rings. The number of nitrogens with zero attached hydrogens (tertiary/aromatic N) is 2. The number of carbonyl (C=O) groups is 1. The lowest BCUT2D eigenvalue weighted by Crippen LogP contribution is -2.34. The van der Waals surface area contributed by atoms with E-state index in [0.29, 0.717) is 12.2 Å². The fraction of sp³-hybridized carbons (Fsp3) is 0.280. The number of amides is 1. The molecular weight excluding hydrogens is 404 g/mol. The normalized spacial score (nSPS) is 16.6. The minimum Gasteiger partial charge on any atom is -0.493 e. The first-order valence-corrected chi connectivity index (χ1v) is 10.8. The highest BCUT2D eigenvalue weighted by atomic mass is 16.5. The number of nitroso groups, excluding NO2 is 1. The maximum absolute atomic E-state index is 11.8. The Hall–Kier alpha value is -3.58. The van der Waals surface area contributed by atoms with Crippen LogP contribution in [0.4, 0.5) is 5.69 Å². The van der Waals surface area contributed by atoms with Crippen molar-refractivity contribution in [2.75, 3.05) is 25.0 Å². The van der Waals surface area contributed by atoms with Gasteiger partial charge in [0.15, 0.2) is 0 Å². The largest absolute Gasteiger partial charge is 0.493 e. The van der Waals surface area contributed by atoms with Crippen LogP contribution >= 0.6 is 0 Å². The highest BCUT2D eigenvalue weighted by Crippen LogP contribution is 2.38. The smallest absolute Gasteiger partial charge is 0.318 e. The van der Waals surface area contributed by atoms with Crippen molar-refractivity contribution >= 4 is 11.6 Å². The number of ether oxygens (including phenoxy) is 1. The van der Waals surface area contributed by atoms with Gasteiger partial charge in [0, 0.05) is 35.9 Å². The molecule has 1 aromatic heterocycles. The van der Waals surface area contributed by atoms with Gasteiger partial charge in [0.2, 0.25) is 0 Å². The molecule has 32 heavy (non-hydrogen) atoms. The number of rotatable bonds is 5. The Kier molecular flexibility index (Phi) is 5.41. The van der Waals surface area contributed by atoms with E-state index in [-0.39, 0.29) is 11.6 Å². The van der Waals surface area contributed by atoms with Crippen molar-refractivity contribution in [3.8, 4) is 16.9 Å². The summed E-state index contributed by atoms with van der Waals surface area (Å²) in [5.41, 5.74) is 8.38. The van der Waals surface area contributed by atoms with Crippen molar-refractivity contribution in [1.82, 2.24) is 10.3 Å². The Bertz CT molecular complexity index is 1210. The number of aromatic nitrogens is 1. The van der Waals surface area contributed by atoms with Crippen LogP contribution in [0.25, 0.3) is 11.1 Å². The average Bonchev–Trinajstić information content (AvgIpc) is 3.30. The van der Waals surface area contributed by atoms with Gasteiger partial charge in [-0.3, -0.25) is 9.78 Å². The van der Waals surface area contributed by atoms with Gasteiger partial charge in [-0.2, -0.15) is 0 Å². The maximum Gasteiger partial charge on any atom is 0.318 e. The van der Waals surface area contributed by atoms with E-state index in [1.807, 2.05) is 0 Å². The molecule has 0 saturated carbocycles. The average molecular weight is 428 g/mol. The molecule has 0 spiro atoms. The summed E-state index contributed by atoms with van der Waals surface area (Å²) < 4.78 is 5.78. The van der Waals surface area contributed by atoms with Gasteiger partial charge >= 0.3 is 5.91 Å². The SMILES string of the molecule is Cc1ccc2c(c1-c1ccc3c(c1)CCN[C@@H]3CNc1cnccc1C(=O)N=O)CCO2. The molecule has 0 bridgehead atoms. The molecule has 2 aromatic carbocycles. The van der Waals surface area contributed by atoms with E-state index in [1.165, 1.54) is 45.6 Å². The Labute approximate surface area is 186 Å². The van der Waals surface area contributed by atoms with Crippen LogP contribution in [0.15, 0.2) is 54.0 Å². The van der Waals surface area contributed by atoms with E-state index in [9.17, 15) is 9.70 Å². The van der Waals surface area contributed by atoms with Gasteiger partial charge in [-0.05, 0) is 59.8 Å². The Balaban J connectivity index is 1.41. The van der Waals surface area contributed by atoms with Crippen LogP contribution in [0.5, 0.6) is 5.75 Å². The lowest BCUT2D eigenvalue weighted by atomic mass is 9.87. The number of anilines is 1. The third kappa shape index (κ3) is 3.65. The molecule has 5 rings (SSSR count). The Morgan fingerprint density at radius 3 is 3.03 bits per heavy atom. The highest BCUT2D eigenvalue weighted by molar-refractivity contribution is 5.99. The molecule has 0 saturated heterocycles. The van der Waals surface area contributed by atoms with Crippen molar-refractivity contribution in [2.45, 2.75) is 25.8 Å². The summed E-state index contributed by atoms with van der Waals surface area (Å²) in [5, 5.41) is 9.35. The first kappa shape index (κ1) is 20.3. The lowest BCUT2D eigenvalue weighted by molar-refractivity contribution is 0.100. The minimum atomic E-state index is -0.800. The molecule has 0 aliphatic carbocycles. The molecule has 3 aromatic rings. The molecule has 2 aliphatic heterocycles. The van der Waals surface area contributed by atoms with Crippen LogP contribution in [0, 0.1) is 11.8 Å². The number of aryl methyl sites for hydroxylation is 1. The van der Waals surface area contributed by atoms with Gasteiger partial charge in [-0.1, -0.05) is 24.3 Å². The van der Waals surface area contributed by atoms with Crippen LogP contribution in [0.1, 0.15) is 38.7 Å². The monoisotopic (exact) mass is 428 g/mol. The van der Waals surface area contributed by atoms with E-state index in [0.717, 1.165) is 31.7 Å². The molecule has 0 radical (unpaired) electrons. The van der Waals surface area contributed by atoms with Gasteiger partial charge < -0.3 is 15.4 Å². The quantitative estimate of drug-likeness (QED) is 0.592. The summed E-state index contributed by atoms with van der Waals surface area (Å²) in [7, 11) is 0. The van der Waals surface area contributed by atoms with E-state index >= 15 is 0 Å². The predicted octanol–water partition coefficient (Wildman–Crippen LogP) is 4.20. The standard InChI is InChI=1S/C25H24N4O3/c1-15-2-5-23-20(8-11-32-23)24(15)17-3-4-18-16(12-17)6-10-27-22(18)14-28-21-13-26-9-7-19(21)25(30)29-31/h2-5,7,9,12-13,22,27-28H,6,8,10-11,14H2,1H3/t22-/m1/s1. The molecule has 7 nitrogen and oxygen atoms in total. The first-order chi connectivity index (χ1) is 15.7. The van der Waals surface area contributed by atoms with E-state index in [2.05, 4.69) is 58.1 Å². The molecule has 1 atom stereocenters. The molecule has 0 unspecified atom stereocenters. The zero-order valence-electron chi connectivity index (χ0n) is 17.9. The van der Waals surface area contributed by atoms with E-state index in [4.69, 9.17) is 4.74 Å². The fourth-order valence-electron chi connectivity index (χ4n) is 4.77.